The predicted molar refractivity (Wildman–Crippen MR) is 159 cm³/mol. The van der Waals surface area contributed by atoms with Crippen LogP contribution < -0.4 is 4.57 Å². The number of aromatic nitrogens is 1. The van der Waals surface area contributed by atoms with E-state index in [2.05, 4.69) is 55.1 Å². The van der Waals surface area contributed by atoms with E-state index in [9.17, 15) is 0 Å². The van der Waals surface area contributed by atoms with Gasteiger partial charge < -0.3 is 4.42 Å². The van der Waals surface area contributed by atoms with Crippen molar-refractivity contribution in [1.29, 1.82) is 0 Å². The minimum Gasteiger partial charge on any atom is -0.456 e. The molecule has 0 unspecified atom stereocenters. The number of hydrogen-bond acceptors (Lipinski definition) is 1. The van der Waals surface area contributed by atoms with Crippen molar-refractivity contribution in [2.75, 3.05) is 0 Å². The maximum atomic E-state index is 15.5. The maximum Gasteiger partial charge on any atom is 0.219 e. The van der Waals surface area contributed by atoms with Crippen LogP contribution in [0.1, 0.15) is 43.0 Å². The van der Waals surface area contributed by atoms with E-state index in [4.69, 9.17) is 17.8 Å². The molecule has 0 fully saturated rings. The zero-order valence-electron chi connectivity index (χ0n) is 27.5. The summed E-state index contributed by atoms with van der Waals surface area (Å²) in [5.74, 6) is -1.26. The highest BCUT2D eigenvalue weighted by atomic mass is 19.1. The number of pyridine rings is 1. The average molecular weight is 529 g/mol. The van der Waals surface area contributed by atoms with Crippen LogP contribution in [0.25, 0.3) is 60.3 Å². The molecule has 1 aliphatic rings. The van der Waals surface area contributed by atoms with Crippen LogP contribution in [0.4, 0.5) is 10.1 Å². The minimum atomic E-state index is -2.90. The number of benzene rings is 4. The van der Waals surface area contributed by atoms with E-state index >= 15 is 4.39 Å². The van der Waals surface area contributed by atoms with Gasteiger partial charge in [0.05, 0.1) is 13.5 Å². The van der Waals surface area contributed by atoms with Crippen LogP contribution in [0.5, 0.6) is 0 Å². The highest BCUT2D eigenvalue weighted by Crippen LogP contribution is 2.51. The summed E-state index contributed by atoms with van der Waals surface area (Å²) in [6, 6.07) is 21.4. The first-order valence-electron chi connectivity index (χ1n) is 15.6. The Balaban J connectivity index is 1.53. The standard InChI is InChI=1S/C36H28FN2O/c1-20-11-13-26-33-30(38-5)16-15-23(34(33)40-35(26)32(20)31-18-29(37)21(2)19-39(31)6)22-12-14-25-24-9-7-8-10-27(24)36(3,4)28(25)17-22/h7-19H,1-4,6H3/q+1/i2D3,18D,19D. The van der Waals surface area contributed by atoms with E-state index in [0.29, 0.717) is 38.8 Å². The fourth-order valence-electron chi connectivity index (χ4n) is 6.26. The Bertz CT molecular complexity index is 2280. The third kappa shape index (κ3) is 3.24. The Kier molecular flexibility index (Phi) is 4.05. The van der Waals surface area contributed by atoms with Gasteiger partial charge in [0.25, 0.3) is 0 Å². The van der Waals surface area contributed by atoms with Crippen molar-refractivity contribution in [2.45, 2.75) is 33.0 Å². The largest absolute Gasteiger partial charge is 0.456 e. The Morgan fingerprint density at radius 2 is 1.73 bits per heavy atom. The molecule has 4 aromatic carbocycles. The molecule has 0 radical (unpaired) electrons. The SMILES string of the molecule is [2H]c1c(F)c(C([2H])([2H])[2H])c([2H])[n+](C)c1-c1c(C)ccc2c1oc1c(-c3ccc4c(c3)C(C)(C)c3ccccc3-4)ccc([N+]#[C-])c12. The zero-order chi connectivity index (χ0) is 32.2. The molecular formula is C36H28FN2O+. The number of rotatable bonds is 2. The molecule has 0 atom stereocenters. The molecule has 0 aliphatic heterocycles. The molecule has 194 valence electrons. The van der Waals surface area contributed by atoms with Crippen LogP contribution in [0.2, 0.25) is 0 Å². The Morgan fingerprint density at radius 3 is 2.52 bits per heavy atom. The lowest BCUT2D eigenvalue weighted by Gasteiger charge is -2.22. The first-order valence-corrected chi connectivity index (χ1v) is 13.1. The van der Waals surface area contributed by atoms with Crippen LogP contribution in [0.15, 0.2) is 83.4 Å². The fraction of sp³-hybridized carbons (Fsp3) is 0.167. The summed E-state index contributed by atoms with van der Waals surface area (Å²) in [5, 5.41) is 1.21. The Hall–Kier alpha value is -4.75. The van der Waals surface area contributed by atoms with Crippen molar-refractivity contribution in [3.05, 3.63) is 118 Å². The zero-order valence-corrected chi connectivity index (χ0v) is 22.5. The maximum absolute atomic E-state index is 15.5. The van der Waals surface area contributed by atoms with Gasteiger partial charge in [-0.3, -0.25) is 0 Å². The summed E-state index contributed by atoms with van der Waals surface area (Å²) in [7, 11) is 1.45. The van der Waals surface area contributed by atoms with Crippen molar-refractivity contribution in [3.8, 4) is 33.5 Å². The van der Waals surface area contributed by atoms with Crippen LogP contribution in [-0.4, -0.2) is 0 Å². The third-order valence-corrected chi connectivity index (χ3v) is 8.29. The second-order valence-electron chi connectivity index (χ2n) is 10.9. The van der Waals surface area contributed by atoms with E-state index in [1.165, 1.54) is 33.9 Å². The minimum absolute atomic E-state index is 0.0237. The molecule has 0 spiro atoms. The molecule has 0 bridgehead atoms. The topological polar surface area (TPSA) is 21.4 Å². The van der Waals surface area contributed by atoms with Gasteiger partial charge in [0, 0.05) is 37.5 Å². The molecule has 6 aromatic rings. The molecule has 2 aromatic heterocycles. The van der Waals surface area contributed by atoms with Gasteiger partial charge in [-0.2, -0.15) is 0 Å². The highest BCUT2D eigenvalue weighted by Gasteiger charge is 2.35. The summed E-state index contributed by atoms with van der Waals surface area (Å²) >= 11 is 0. The van der Waals surface area contributed by atoms with Crippen LogP contribution in [-0.2, 0) is 12.5 Å². The van der Waals surface area contributed by atoms with Gasteiger partial charge in [0.15, 0.2) is 11.9 Å². The number of fused-ring (bicyclic) bond motifs is 6. The number of aryl methyl sites for hydroxylation is 1. The smallest absolute Gasteiger partial charge is 0.219 e. The first kappa shape index (κ1) is 19.3. The van der Waals surface area contributed by atoms with E-state index in [1.54, 1.807) is 19.1 Å². The van der Waals surface area contributed by atoms with Crippen LogP contribution in [0, 0.1) is 26.2 Å². The predicted octanol–water partition coefficient (Wildman–Crippen LogP) is 9.36. The molecule has 2 heterocycles. The van der Waals surface area contributed by atoms with Gasteiger partial charge in [-0.1, -0.05) is 74.5 Å². The van der Waals surface area contributed by atoms with E-state index in [1.807, 2.05) is 18.2 Å². The second-order valence-corrected chi connectivity index (χ2v) is 10.9. The molecule has 0 N–H and O–H groups in total. The molecule has 4 heteroatoms. The summed E-state index contributed by atoms with van der Waals surface area (Å²) in [6.45, 7) is 11.2. The third-order valence-electron chi connectivity index (χ3n) is 8.29. The molecule has 0 saturated heterocycles. The summed E-state index contributed by atoms with van der Waals surface area (Å²) in [6.07, 6.45) is -0.546. The molecule has 0 saturated carbocycles. The number of nitrogens with zero attached hydrogens (tertiary/aromatic N) is 2. The molecule has 40 heavy (non-hydrogen) atoms. The van der Waals surface area contributed by atoms with E-state index in [0.717, 1.165) is 11.1 Å². The lowest BCUT2D eigenvalue weighted by atomic mass is 9.81. The van der Waals surface area contributed by atoms with Crippen molar-refractivity contribution in [3.63, 3.8) is 0 Å². The van der Waals surface area contributed by atoms with Crippen molar-refractivity contribution < 1.29 is 20.2 Å². The number of halogens is 1. The monoisotopic (exact) mass is 528 g/mol. The number of furan rings is 1. The van der Waals surface area contributed by atoms with Crippen molar-refractivity contribution in [1.82, 2.24) is 0 Å². The summed E-state index contributed by atoms with van der Waals surface area (Å²) in [4.78, 5) is 3.79. The van der Waals surface area contributed by atoms with Crippen LogP contribution in [0.3, 0.4) is 0 Å². The Morgan fingerprint density at radius 1 is 0.950 bits per heavy atom. The lowest BCUT2D eigenvalue weighted by Crippen LogP contribution is -2.31. The lowest BCUT2D eigenvalue weighted by molar-refractivity contribution is -0.661. The quantitative estimate of drug-likeness (QED) is 0.162. The normalized spacial score (nSPS) is 15.6. The second kappa shape index (κ2) is 8.37. The average Bonchev–Trinajstić information content (AvgIpc) is 3.49. The van der Waals surface area contributed by atoms with E-state index < -0.39 is 30.4 Å². The molecule has 0 amide bonds. The summed E-state index contributed by atoms with van der Waals surface area (Å²) < 4.78 is 63.9. The summed E-state index contributed by atoms with van der Waals surface area (Å²) in [5.41, 5.74) is 7.78. The van der Waals surface area contributed by atoms with Gasteiger partial charge in [0.2, 0.25) is 5.69 Å². The van der Waals surface area contributed by atoms with Gasteiger partial charge in [-0.05, 0) is 53.2 Å². The first-order chi connectivity index (χ1) is 21.3. The van der Waals surface area contributed by atoms with E-state index in [-0.39, 0.29) is 11.1 Å². The van der Waals surface area contributed by atoms with Gasteiger partial charge >= 0.3 is 0 Å². The van der Waals surface area contributed by atoms with Crippen molar-refractivity contribution >= 4 is 27.6 Å². The van der Waals surface area contributed by atoms with Crippen molar-refractivity contribution in [2.24, 2.45) is 7.05 Å². The molecule has 1 aliphatic carbocycles. The Labute approximate surface area is 240 Å². The van der Waals surface area contributed by atoms with Gasteiger partial charge in [-0.25, -0.2) is 13.8 Å². The molecule has 3 nitrogen and oxygen atoms in total. The molecular weight excluding hydrogens is 495 g/mol. The van der Waals surface area contributed by atoms with Crippen LogP contribution >= 0.6 is 0 Å². The fourth-order valence-corrected chi connectivity index (χ4v) is 6.26. The number of hydrogen-bond donors (Lipinski definition) is 0. The van der Waals surface area contributed by atoms with Gasteiger partial charge in [0.1, 0.15) is 25.4 Å². The highest BCUT2D eigenvalue weighted by molar-refractivity contribution is 6.18. The van der Waals surface area contributed by atoms with Gasteiger partial charge in [-0.15, -0.1) is 0 Å². The molecule has 7 rings (SSSR count).